The number of hydrogen-bond acceptors (Lipinski definition) is 5. The molecule has 31 heavy (non-hydrogen) atoms. The number of carbonyl (C=O) groups excluding carboxylic acids is 1. The highest BCUT2D eigenvalue weighted by atomic mass is 35.5. The van der Waals surface area contributed by atoms with Crippen molar-refractivity contribution in [3.63, 3.8) is 0 Å². The van der Waals surface area contributed by atoms with Gasteiger partial charge >= 0.3 is 0 Å². The van der Waals surface area contributed by atoms with Crippen LogP contribution in [0.5, 0.6) is 17.2 Å². The van der Waals surface area contributed by atoms with Gasteiger partial charge in [0.1, 0.15) is 23.9 Å². The molecular formula is C24H23ClN2O4. The second kappa shape index (κ2) is 11.0. The minimum atomic E-state index is -0.718. The monoisotopic (exact) mass is 438 g/mol. The molecule has 1 N–H and O–H groups in total. The molecule has 0 radical (unpaired) electrons. The Morgan fingerprint density at radius 2 is 1.77 bits per heavy atom. The maximum atomic E-state index is 12.2. The molecular weight excluding hydrogens is 416 g/mol. The molecule has 1 atom stereocenters. The van der Waals surface area contributed by atoms with E-state index in [1.54, 1.807) is 44.5 Å². The summed E-state index contributed by atoms with van der Waals surface area (Å²) < 4.78 is 16.5. The number of ether oxygens (including phenoxy) is 3. The van der Waals surface area contributed by atoms with Crippen molar-refractivity contribution in [1.82, 2.24) is 5.43 Å². The van der Waals surface area contributed by atoms with Gasteiger partial charge in [-0.15, -0.1) is 0 Å². The minimum absolute atomic E-state index is 0.362. The summed E-state index contributed by atoms with van der Waals surface area (Å²) in [5.41, 5.74) is 4.21. The van der Waals surface area contributed by atoms with Gasteiger partial charge in [-0.3, -0.25) is 4.79 Å². The van der Waals surface area contributed by atoms with Crippen LogP contribution in [0.4, 0.5) is 0 Å². The summed E-state index contributed by atoms with van der Waals surface area (Å²) in [6, 6.07) is 21.9. The van der Waals surface area contributed by atoms with E-state index in [0.717, 1.165) is 11.1 Å². The third-order valence-electron chi connectivity index (χ3n) is 4.34. The normalized spacial score (nSPS) is 11.7. The fourth-order valence-electron chi connectivity index (χ4n) is 2.62. The van der Waals surface area contributed by atoms with Gasteiger partial charge in [0.05, 0.1) is 13.3 Å². The van der Waals surface area contributed by atoms with E-state index in [9.17, 15) is 4.79 Å². The molecule has 0 fully saturated rings. The lowest BCUT2D eigenvalue weighted by molar-refractivity contribution is -0.127. The molecule has 6 nitrogen and oxygen atoms in total. The minimum Gasteiger partial charge on any atom is -0.497 e. The van der Waals surface area contributed by atoms with Crippen molar-refractivity contribution in [1.29, 1.82) is 0 Å². The number of hydrazone groups is 1. The fraction of sp³-hybridized carbons (Fsp3) is 0.167. The number of amides is 1. The molecule has 1 amide bonds. The molecule has 1 unspecified atom stereocenters. The number of nitrogens with one attached hydrogen (secondary N) is 1. The lowest BCUT2D eigenvalue weighted by Crippen LogP contribution is -2.33. The fourth-order valence-corrected chi connectivity index (χ4v) is 2.81. The molecule has 0 heterocycles. The van der Waals surface area contributed by atoms with E-state index in [4.69, 9.17) is 25.8 Å². The van der Waals surface area contributed by atoms with Crippen molar-refractivity contribution in [2.45, 2.75) is 19.6 Å². The Morgan fingerprint density at radius 1 is 1.03 bits per heavy atom. The van der Waals surface area contributed by atoms with Crippen LogP contribution >= 0.6 is 11.6 Å². The van der Waals surface area contributed by atoms with E-state index in [2.05, 4.69) is 10.5 Å². The number of nitrogens with zero attached hydrogens (tertiary/aromatic N) is 1. The van der Waals surface area contributed by atoms with Crippen LogP contribution < -0.4 is 19.6 Å². The van der Waals surface area contributed by atoms with Crippen LogP contribution in [0.2, 0.25) is 5.02 Å². The average Bonchev–Trinajstić information content (AvgIpc) is 2.79. The highest BCUT2D eigenvalue weighted by Gasteiger charge is 2.14. The molecule has 7 heteroatoms. The molecule has 0 saturated carbocycles. The average molecular weight is 439 g/mol. The SMILES string of the molecule is COc1cccc(OC(C)C(=O)N/N=C/c2ccc(OCc3ccccc3Cl)cc2)c1. The summed E-state index contributed by atoms with van der Waals surface area (Å²) in [6.45, 7) is 2.03. The Balaban J connectivity index is 1.47. The quantitative estimate of drug-likeness (QED) is 0.383. The van der Waals surface area contributed by atoms with Crippen molar-refractivity contribution in [2.24, 2.45) is 5.10 Å². The van der Waals surface area contributed by atoms with E-state index in [1.807, 2.05) is 48.5 Å². The van der Waals surface area contributed by atoms with Crippen molar-refractivity contribution >= 4 is 23.7 Å². The Morgan fingerprint density at radius 3 is 2.52 bits per heavy atom. The second-order valence-corrected chi connectivity index (χ2v) is 7.03. The smallest absolute Gasteiger partial charge is 0.280 e. The van der Waals surface area contributed by atoms with Crippen molar-refractivity contribution in [3.05, 3.63) is 88.9 Å². The maximum Gasteiger partial charge on any atom is 0.280 e. The Bertz CT molecular complexity index is 1040. The highest BCUT2D eigenvalue weighted by Crippen LogP contribution is 2.20. The Labute approximate surface area is 186 Å². The third-order valence-corrected chi connectivity index (χ3v) is 4.71. The number of halogens is 1. The zero-order valence-corrected chi connectivity index (χ0v) is 18.0. The molecule has 0 bridgehead atoms. The first-order chi connectivity index (χ1) is 15.0. The summed E-state index contributed by atoms with van der Waals surface area (Å²) >= 11 is 6.13. The predicted octanol–water partition coefficient (Wildman–Crippen LogP) is 4.85. The van der Waals surface area contributed by atoms with Gasteiger partial charge in [-0.05, 0) is 55.0 Å². The molecule has 3 aromatic rings. The zero-order valence-electron chi connectivity index (χ0n) is 17.2. The topological polar surface area (TPSA) is 69.2 Å². The summed E-state index contributed by atoms with van der Waals surface area (Å²) in [4.78, 5) is 12.2. The van der Waals surface area contributed by atoms with E-state index in [-0.39, 0.29) is 5.91 Å². The van der Waals surface area contributed by atoms with Crippen LogP contribution in [0.25, 0.3) is 0 Å². The third kappa shape index (κ3) is 6.76. The molecule has 0 aliphatic rings. The first-order valence-corrected chi connectivity index (χ1v) is 10.0. The van der Waals surface area contributed by atoms with Gasteiger partial charge in [-0.25, -0.2) is 5.43 Å². The van der Waals surface area contributed by atoms with E-state index >= 15 is 0 Å². The lowest BCUT2D eigenvalue weighted by atomic mass is 10.2. The van der Waals surface area contributed by atoms with Crippen LogP contribution in [-0.2, 0) is 11.4 Å². The number of rotatable bonds is 9. The highest BCUT2D eigenvalue weighted by molar-refractivity contribution is 6.31. The number of hydrogen-bond donors (Lipinski definition) is 1. The lowest BCUT2D eigenvalue weighted by Gasteiger charge is -2.13. The van der Waals surface area contributed by atoms with E-state index in [0.29, 0.717) is 28.9 Å². The van der Waals surface area contributed by atoms with Crippen LogP contribution in [0.3, 0.4) is 0 Å². The Hall–Kier alpha value is -3.51. The number of benzene rings is 3. The van der Waals surface area contributed by atoms with Gasteiger partial charge in [0, 0.05) is 16.7 Å². The van der Waals surface area contributed by atoms with E-state index in [1.165, 1.54) is 0 Å². The molecule has 3 aromatic carbocycles. The molecule has 160 valence electrons. The molecule has 0 saturated heterocycles. The van der Waals surface area contributed by atoms with Crippen molar-refractivity contribution in [3.8, 4) is 17.2 Å². The Kier molecular flexibility index (Phi) is 7.90. The van der Waals surface area contributed by atoms with Gasteiger partial charge in [0.25, 0.3) is 5.91 Å². The largest absolute Gasteiger partial charge is 0.497 e. The number of carbonyl (C=O) groups is 1. The van der Waals surface area contributed by atoms with Crippen LogP contribution in [0.1, 0.15) is 18.1 Å². The van der Waals surface area contributed by atoms with Crippen molar-refractivity contribution < 1.29 is 19.0 Å². The van der Waals surface area contributed by atoms with Crippen LogP contribution in [0, 0.1) is 0 Å². The second-order valence-electron chi connectivity index (χ2n) is 6.62. The van der Waals surface area contributed by atoms with Gasteiger partial charge in [0.2, 0.25) is 0 Å². The standard InChI is InChI=1S/C24H23ClN2O4/c1-17(31-22-8-5-7-21(14-22)29-2)24(28)27-26-15-18-10-12-20(13-11-18)30-16-19-6-3-4-9-23(19)25/h3-15,17H,16H2,1-2H3,(H,27,28)/b26-15+. The number of methoxy groups -OCH3 is 1. The van der Waals surface area contributed by atoms with Gasteiger partial charge in [0.15, 0.2) is 6.10 Å². The van der Waals surface area contributed by atoms with Crippen LogP contribution in [0.15, 0.2) is 77.9 Å². The van der Waals surface area contributed by atoms with Gasteiger partial charge in [-0.2, -0.15) is 5.10 Å². The first-order valence-electron chi connectivity index (χ1n) is 9.65. The summed E-state index contributed by atoms with van der Waals surface area (Å²) in [5.74, 6) is 1.54. The van der Waals surface area contributed by atoms with Gasteiger partial charge in [-0.1, -0.05) is 35.9 Å². The molecule has 0 spiro atoms. The van der Waals surface area contributed by atoms with E-state index < -0.39 is 6.10 Å². The van der Waals surface area contributed by atoms with Crippen molar-refractivity contribution in [2.75, 3.05) is 7.11 Å². The summed E-state index contributed by atoms with van der Waals surface area (Å²) in [5, 5.41) is 4.66. The predicted molar refractivity (Wildman–Crippen MR) is 121 cm³/mol. The summed E-state index contributed by atoms with van der Waals surface area (Å²) in [7, 11) is 1.57. The maximum absolute atomic E-state index is 12.2. The van der Waals surface area contributed by atoms with Gasteiger partial charge < -0.3 is 14.2 Å². The first kappa shape index (κ1) is 22.2. The molecule has 0 aliphatic heterocycles. The molecule has 0 aliphatic carbocycles. The van der Waals surface area contributed by atoms with Crippen LogP contribution in [-0.4, -0.2) is 25.3 Å². The molecule has 3 rings (SSSR count). The molecule has 0 aromatic heterocycles. The zero-order chi connectivity index (χ0) is 22.1. The summed E-state index contributed by atoms with van der Waals surface area (Å²) in [6.07, 6.45) is 0.832.